The zero-order valence-electron chi connectivity index (χ0n) is 17.5. The minimum absolute atomic E-state index is 0.0474. The molecule has 2 heterocycles. The third-order valence-electron chi connectivity index (χ3n) is 5.99. The second-order valence-corrected chi connectivity index (χ2v) is 9.67. The SMILES string of the molecule is COc1cccc(C(=O)N2CCC3(CC2)OCCN3S(=O)(=O)c2ccc(F)c(C)c2)c1. The zero-order chi connectivity index (χ0) is 22.2. The summed E-state index contributed by atoms with van der Waals surface area (Å²) in [4.78, 5) is 14.7. The normalized spacial score (nSPS) is 19.0. The number of ether oxygens (including phenoxy) is 2. The number of hydrogen-bond acceptors (Lipinski definition) is 5. The predicted octanol–water partition coefficient (Wildman–Crippen LogP) is 2.80. The first-order valence-electron chi connectivity index (χ1n) is 10.1. The van der Waals surface area contributed by atoms with Gasteiger partial charge >= 0.3 is 0 Å². The first-order valence-corrected chi connectivity index (χ1v) is 11.6. The Morgan fingerprint density at radius 3 is 2.55 bits per heavy atom. The maximum Gasteiger partial charge on any atom is 0.253 e. The van der Waals surface area contributed by atoms with Crippen molar-refractivity contribution in [1.29, 1.82) is 0 Å². The summed E-state index contributed by atoms with van der Waals surface area (Å²) < 4.78 is 52.8. The average Bonchev–Trinajstić information content (AvgIpc) is 3.19. The van der Waals surface area contributed by atoms with Gasteiger partial charge in [-0.1, -0.05) is 6.07 Å². The third-order valence-corrected chi connectivity index (χ3v) is 7.93. The van der Waals surface area contributed by atoms with E-state index in [2.05, 4.69) is 0 Å². The molecule has 31 heavy (non-hydrogen) atoms. The van der Waals surface area contributed by atoms with Crippen LogP contribution in [0.3, 0.4) is 0 Å². The van der Waals surface area contributed by atoms with Crippen LogP contribution in [-0.4, -0.2) is 62.6 Å². The van der Waals surface area contributed by atoms with Crippen molar-refractivity contribution < 1.29 is 27.1 Å². The smallest absolute Gasteiger partial charge is 0.253 e. The quantitative estimate of drug-likeness (QED) is 0.719. The maximum absolute atomic E-state index is 13.6. The van der Waals surface area contributed by atoms with Gasteiger partial charge in [0.25, 0.3) is 5.91 Å². The summed E-state index contributed by atoms with van der Waals surface area (Å²) in [7, 11) is -2.32. The Labute approximate surface area is 181 Å². The monoisotopic (exact) mass is 448 g/mol. The summed E-state index contributed by atoms with van der Waals surface area (Å²) in [6, 6.07) is 10.7. The second kappa shape index (κ2) is 8.22. The maximum atomic E-state index is 13.6. The van der Waals surface area contributed by atoms with Crippen LogP contribution in [0, 0.1) is 12.7 Å². The number of likely N-dealkylation sites (tertiary alicyclic amines) is 1. The van der Waals surface area contributed by atoms with Crippen LogP contribution < -0.4 is 4.74 Å². The lowest BCUT2D eigenvalue weighted by Gasteiger charge is -2.42. The molecule has 0 atom stereocenters. The Bertz CT molecular complexity index is 1100. The lowest BCUT2D eigenvalue weighted by Crippen LogP contribution is -2.55. The second-order valence-electron chi connectivity index (χ2n) is 7.81. The fourth-order valence-corrected chi connectivity index (χ4v) is 6.04. The zero-order valence-corrected chi connectivity index (χ0v) is 18.3. The number of piperidine rings is 1. The highest BCUT2D eigenvalue weighted by molar-refractivity contribution is 7.89. The molecule has 2 aliphatic rings. The van der Waals surface area contributed by atoms with E-state index < -0.39 is 21.6 Å². The fourth-order valence-electron chi connectivity index (χ4n) is 4.23. The first kappa shape index (κ1) is 21.7. The molecule has 2 fully saturated rings. The number of carbonyl (C=O) groups excluding carboxylic acids is 1. The van der Waals surface area contributed by atoms with Crippen LogP contribution in [0.4, 0.5) is 4.39 Å². The summed E-state index contributed by atoms with van der Waals surface area (Å²) in [5.74, 6) is 0.0244. The van der Waals surface area contributed by atoms with Crippen LogP contribution in [0.1, 0.15) is 28.8 Å². The van der Waals surface area contributed by atoms with Crippen molar-refractivity contribution in [3.63, 3.8) is 0 Å². The van der Waals surface area contributed by atoms with Crippen molar-refractivity contribution in [1.82, 2.24) is 9.21 Å². The minimum Gasteiger partial charge on any atom is -0.497 e. The van der Waals surface area contributed by atoms with E-state index in [1.54, 1.807) is 36.3 Å². The number of nitrogens with zero attached hydrogens (tertiary/aromatic N) is 2. The van der Waals surface area contributed by atoms with Crippen LogP contribution in [-0.2, 0) is 14.8 Å². The molecule has 0 N–H and O–H groups in total. The number of amides is 1. The molecule has 2 aliphatic heterocycles. The predicted molar refractivity (Wildman–Crippen MR) is 112 cm³/mol. The van der Waals surface area contributed by atoms with Crippen molar-refractivity contribution in [2.45, 2.75) is 30.4 Å². The van der Waals surface area contributed by atoms with Gasteiger partial charge in [0.05, 0.1) is 18.6 Å². The molecule has 2 aromatic rings. The van der Waals surface area contributed by atoms with Gasteiger partial charge in [0.1, 0.15) is 17.3 Å². The van der Waals surface area contributed by atoms with Gasteiger partial charge < -0.3 is 14.4 Å². The highest BCUT2D eigenvalue weighted by Gasteiger charge is 2.51. The molecule has 0 aliphatic carbocycles. The van der Waals surface area contributed by atoms with E-state index in [1.807, 2.05) is 0 Å². The van der Waals surface area contributed by atoms with Gasteiger partial charge in [-0.25, -0.2) is 12.8 Å². The molecule has 1 amide bonds. The van der Waals surface area contributed by atoms with Crippen molar-refractivity contribution in [3.05, 3.63) is 59.4 Å². The van der Waals surface area contributed by atoms with E-state index >= 15 is 0 Å². The van der Waals surface area contributed by atoms with Gasteiger partial charge in [0.2, 0.25) is 10.0 Å². The number of methoxy groups -OCH3 is 1. The van der Waals surface area contributed by atoms with E-state index in [0.717, 1.165) is 0 Å². The molecular formula is C22H25FN2O5S. The highest BCUT2D eigenvalue weighted by atomic mass is 32.2. The van der Waals surface area contributed by atoms with Crippen molar-refractivity contribution in [3.8, 4) is 5.75 Å². The first-order chi connectivity index (χ1) is 14.8. The molecule has 9 heteroatoms. The van der Waals surface area contributed by atoms with Crippen molar-refractivity contribution >= 4 is 15.9 Å². The average molecular weight is 449 g/mol. The van der Waals surface area contributed by atoms with Crippen LogP contribution >= 0.6 is 0 Å². The summed E-state index contributed by atoms with van der Waals surface area (Å²) in [5, 5.41) is 0. The third kappa shape index (κ3) is 3.93. The van der Waals surface area contributed by atoms with Gasteiger partial charge in [-0.3, -0.25) is 4.79 Å². The summed E-state index contributed by atoms with van der Waals surface area (Å²) in [6.07, 6.45) is 0.726. The molecule has 0 saturated carbocycles. The van der Waals surface area contributed by atoms with Crippen LogP contribution in [0.2, 0.25) is 0 Å². The van der Waals surface area contributed by atoms with Gasteiger partial charge in [0.15, 0.2) is 0 Å². The largest absolute Gasteiger partial charge is 0.497 e. The van der Waals surface area contributed by atoms with Crippen LogP contribution in [0.5, 0.6) is 5.75 Å². The highest BCUT2D eigenvalue weighted by Crippen LogP contribution is 2.38. The van der Waals surface area contributed by atoms with E-state index in [4.69, 9.17) is 9.47 Å². The van der Waals surface area contributed by atoms with Gasteiger partial charge in [-0.05, 0) is 48.9 Å². The number of hydrogen-bond donors (Lipinski definition) is 0. The number of rotatable bonds is 4. The van der Waals surface area contributed by atoms with E-state index in [1.165, 1.54) is 29.4 Å². The lowest BCUT2D eigenvalue weighted by atomic mass is 10.00. The standard InChI is InChI=1S/C22H25FN2O5S/c1-16-14-19(6-7-20(16)23)31(27,28)25-12-13-30-22(25)8-10-24(11-9-22)21(26)17-4-3-5-18(15-17)29-2/h3-7,14-15H,8-13H2,1-2H3. The Hall–Kier alpha value is -2.49. The molecular weight excluding hydrogens is 423 g/mol. The van der Waals surface area contributed by atoms with Gasteiger partial charge in [0, 0.05) is 38.0 Å². The van der Waals surface area contributed by atoms with E-state index in [9.17, 15) is 17.6 Å². The molecule has 0 aromatic heterocycles. The summed E-state index contributed by atoms with van der Waals surface area (Å²) in [5.41, 5.74) is -0.199. The van der Waals surface area contributed by atoms with E-state index in [-0.39, 0.29) is 29.5 Å². The molecule has 0 bridgehead atoms. The molecule has 4 rings (SSSR count). The molecule has 7 nitrogen and oxygen atoms in total. The van der Waals surface area contributed by atoms with Gasteiger partial charge in [-0.15, -0.1) is 0 Å². The summed E-state index contributed by atoms with van der Waals surface area (Å²) in [6.45, 7) is 2.77. The Balaban J connectivity index is 1.52. The Morgan fingerprint density at radius 1 is 1.13 bits per heavy atom. The number of sulfonamides is 1. The van der Waals surface area contributed by atoms with E-state index in [0.29, 0.717) is 37.2 Å². The Morgan fingerprint density at radius 2 is 1.87 bits per heavy atom. The molecule has 2 aromatic carbocycles. The lowest BCUT2D eigenvalue weighted by molar-refractivity contribution is -0.0857. The van der Waals surface area contributed by atoms with Crippen LogP contribution in [0.25, 0.3) is 0 Å². The number of aryl methyl sites for hydroxylation is 1. The van der Waals surface area contributed by atoms with Gasteiger partial charge in [-0.2, -0.15) is 4.31 Å². The Kier molecular flexibility index (Phi) is 5.76. The molecule has 2 saturated heterocycles. The number of carbonyl (C=O) groups is 1. The van der Waals surface area contributed by atoms with Crippen LogP contribution in [0.15, 0.2) is 47.4 Å². The topological polar surface area (TPSA) is 76.2 Å². The van der Waals surface area contributed by atoms with Crippen molar-refractivity contribution in [2.24, 2.45) is 0 Å². The molecule has 0 radical (unpaired) electrons. The molecule has 166 valence electrons. The fraction of sp³-hybridized carbons (Fsp3) is 0.409. The van der Waals surface area contributed by atoms with Crippen molar-refractivity contribution in [2.75, 3.05) is 33.4 Å². The number of benzene rings is 2. The summed E-state index contributed by atoms with van der Waals surface area (Å²) >= 11 is 0. The number of halogens is 1. The molecule has 0 unspecified atom stereocenters. The minimum atomic E-state index is -3.86. The molecule has 1 spiro atoms.